The molecule has 0 aliphatic carbocycles. The lowest BCUT2D eigenvalue weighted by Gasteiger charge is -1.97. The van der Waals surface area contributed by atoms with E-state index in [0.29, 0.717) is 17.3 Å². The van der Waals surface area contributed by atoms with Crippen molar-refractivity contribution in [2.75, 3.05) is 0 Å². The predicted octanol–water partition coefficient (Wildman–Crippen LogP) is 2.98. The monoisotopic (exact) mass is 262 g/mol. The van der Waals surface area contributed by atoms with Gasteiger partial charge < -0.3 is 4.52 Å². The van der Waals surface area contributed by atoms with Gasteiger partial charge in [-0.05, 0) is 36.8 Å². The average molecular weight is 262 g/mol. The van der Waals surface area contributed by atoms with E-state index < -0.39 is 0 Å². The van der Waals surface area contributed by atoms with Crippen LogP contribution in [-0.4, -0.2) is 15.1 Å². The number of nitrogens with zero attached hydrogens (tertiary/aromatic N) is 4. The fraction of sp³-hybridized carbons (Fsp3) is 0.0667. The maximum Gasteiger partial charge on any atom is 0.258 e. The summed E-state index contributed by atoms with van der Waals surface area (Å²) in [5, 5.41) is 12.9. The highest BCUT2D eigenvalue weighted by Gasteiger charge is 2.12. The minimum atomic E-state index is 0.397. The SMILES string of the molecule is Cc1cnccc1-c1noc(-c2cccc(C#N)c2)n1. The Hall–Kier alpha value is -3.00. The fourth-order valence-corrected chi connectivity index (χ4v) is 1.90. The van der Waals surface area contributed by atoms with Crippen molar-refractivity contribution in [2.24, 2.45) is 0 Å². The summed E-state index contributed by atoms with van der Waals surface area (Å²) in [5.41, 5.74) is 3.15. The van der Waals surface area contributed by atoms with Crippen molar-refractivity contribution < 1.29 is 4.52 Å². The second-order valence-electron chi connectivity index (χ2n) is 4.31. The van der Waals surface area contributed by atoms with Crippen LogP contribution < -0.4 is 0 Å². The van der Waals surface area contributed by atoms with E-state index in [2.05, 4.69) is 21.2 Å². The molecule has 0 amide bonds. The first-order valence-corrected chi connectivity index (χ1v) is 6.03. The summed E-state index contributed by atoms with van der Waals surface area (Å²) in [6, 6.07) is 11.0. The van der Waals surface area contributed by atoms with Gasteiger partial charge in [0.05, 0.1) is 11.6 Å². The van der Waals surface area contributed by atoms with Crippen LogP contribution in [0.1, 0.15) is 11.1 Å². The van der Waals surface area contributed by atoms with Gasteiger partial charge in [0, 0.05) is 23.5 Å². The number of pyridine rings is 1. The molecule has 0 fully saturated rings. The molecular formula is C15H10N4O. The Morgan fingerprint density at radius 3 is 2.95 bits per heavy atom. The summed E-state index contributed by atoms with van der Waals surface area (Å²) in [5.74, 6) is 0.913. The van der Waals surface area contributed by atoms with Gasteiger partial charge in [0.25, 0.3) is 5.89 Å². The minimum absolute atomic E-state index is 0.397. The van der Waals surface area contributed by atoms with Gasteiger partial charge in [-0.1, -0.05) is 11.2 Å². The van der Waals surface area contributed by atoms with E-state index in [1.807, 2.05) is 19.1 Å². The lowest BCUT2D eigenvalue weighted by molar-refractivity contribution is 0.432. The van der Waals surface area contributed by atoms with Crippen LogP contribution in [0.25, 0.3) is 22.8 Å². The highest BCUT2D eigenvalue weighted by molar-refractivity contribution is 5.62. The van der Waals surface area contributed by atoms with Crippen molar-refractivity contribution in [2.45, 2.75) is 6.92 Å². The third kappa shape index (κ3) is 2.15. The van der Waals surface area contributed by atoms with E-state index >= 15 is 0 Å². The number of hydrogen-bond acceptors (Lipinski definition) is 5. The molecule has 0 bridgehead atoms. The molecule has 0 saturated carbocycles. The molecule has 0 aliphatic rings. The first-order valence-electron chi connectivity index (χ1n) is 6.03. The molecule has 0 radical (unpaired) electrons. The van der Waals surface area contributed by atoms with Gasteiger partial charge in [0.1, 0.15) is 0 Å². The van der Waals surface area contributed by atoms with Crippen LogP contribution in [0.3, 0.4) is 0 Å². The number of hydrogen-bond donors (Lipinski definition) is 0. The van der Waals surface area contributed by atoms with Crippen molar-refractivity contribution >= 4 is 0 Å². The lowest BCUT2D eigenvalue weighted by Crippen LogP contribution is -1.86. The number of aromatic nitrogens is 3. The number of aryl methyl sites for hydroxylation is 1. The molecule has 1 aromatic carbocycles. The third-order valence-electron chi connectivity index (χ3n) is 2.93. The van der Waals surface area contributed by atoms with Crippen LogP contribution >= 0.6 is 0 Å². The maximum atomic E-state index is 8.90. The van der Waals surface area contributed by atoms with E-state index in [0.717, 1.165) is 16.7 Å². The van der Waals surface area contributed by atoms with Crippen molar-refractivity contribution in [3.8, 4) is 28.9 Å². The maximum absolute atomic E-state index is 8.90. The molecule has 5 nitrogen and oxygen atoms in total. The smallest absolute Gasteiger partial charge is 0.258 e. The van der Waals surface area contributed by atoms with Crippen molar-refractivity contribution in [1.82, 2.24) is 15.1 Å². The molecule has 3 rings (SSSR count). The first-order chi connectivity index (χ1) is 9.78. The van der Waals surface area contributed by atoms with Gasteiger partial charge in [0.2, 0.25) is 5.82 Å². The Morgan fingerprint density at radius 2 is 2.15 bits per heavy atom. The first kappa shape index (κ1) is 12.1. The van der Waals surface area contributed by atoms with Gasteiger partial charge >= 0.3 is 0 Å². The molecular weight excluding hydrogens is 252 g/mol. The molecule has 0 saturated heterocycles. The minimum Gasteiger partial charge on any atom is -0.334 e. The molecule has 0 aliphatic heterocycles. The molecule has 5 heteroatoms. The van der Waals surface area contributed by atoms with Crippen LogP contribution in [-0.2, 0) is 0 Å². The quantitative estimate of drug-likeness (QED) is 0.709. The molecule has 2 aromatic heterocycles. The van der Waals surface area contributed by atoms with Gasteiger partial charge in [0.15, 0.2) is 0 Å². The molecule has 2 heterocycles. The molecule has 96 valence electrons. The summed E-state index contributed by atoms with van der Waals surface area (Å²) in [7, 11) is 0. The lowest BCUT2D eigenvalue weighted by atomic mass is 10.1. The van der Waals surface area contributed by atoms with E-state index in [4.69, 9.17) is 9.78 Å². The summed E-state index contributed by atoms with van der Waals surface area (Å²) in [6.45, 7) is 1.94. The number of rotatable bonds is 2. The molecule has 3 aromatic rings. The van der Waals surface area contributed by atoms with Crippen molar-refractivity contribution in [3.63, 3.8) is 0 Å². The van der Waals surface area contributed by atoms with Crippen LogP contribution in [0, 0.1) is 18.3 Å². The highest BCUT2D eigenvalue weighted by Crippen LogP contribution is 2.24. The zero-order valence-corrected chi connectivity index (χ0v) is 10.7. The van der Waals surface area contributed by atoms with E-state index in [1.165, 1.54) is 0 Å². The van der Waals surface area contributed by atoms with Gasteiger partial charge in [-0.2, -0.15) is 10.2 Å². The fourth-order valence-electron chi connectivity index (χ4n) is 1.90. The Labute approximate surface area is 115 Å². The van der Waals surface area contributed by atoms with Crippen LogP contribution in [0.2, 0.25) is 0 Å². The van der Waals surface area contributed by atoms with E-state index in [9.17, 15) is 0 Å². The van der Waals surface area contributed by atoms with Crippen molar-refractivity contribution in [1.29, 1.82) is 5.26 Å². The second kappa shape index (κ2) is 4.94. The Kier molecular flexibility index (Phi) is 2.98. The standard InChI is InChI=1S/C15H10N4O/c1-10-9-17-6-5-13(10)14-18-15(20-19-14)12-4-2-3-11(7-12)8-16/h2-7,9H,1H3. The molecule has 20 heavy (non-hydrogen) atoms. The molecule has 0 N–H and O–H groups in total. The van der Waals surface area contributed by atoms with Crippen molar-refractivity contribution in [3.05, 3.63) is 53.9 Å². The topological polar surface area (TPSA) is 75.6 Å². The third-order valence-corrected chi connectivity index (χ3v) is 2.93. The number of benzene rings is 1. The highest BCUT2D eigenvalue weighted by atomic mass is 16.5. The van der Waals surface area contributed by atoms with Gasteiger partial charge in [-0.15, -0.1) is 0 Å². The second-order valence-corrected chi connectivity index (χ2v) is 4.31. The largest absolute Gasteiger partial charge is 0.334 e. The zero-order chi connectivity index (χ0) is 13.9. The van der Waals surface area contributed by atoms with Crippen LogP contribution in [0.15, 0.2) is 47.2 Å². The number of nitriles is 1. The Bertz CT molecular complexity index is 801. The molecule has 0 unspecified atom stereocenters. The summed E-state index contributed by atoms with van der Waals surface area (Å²) in [6.07, 6.45) is 3.44. The summed E-state index contributed by atoms with van der Waals surface area (Å²) < 4.78 is 5.27. The summed E-state index contributed by atoms with van der Waals surface area (Å²) in [4.78, 5) is 8.41. The zero-order valence-electron chi connectivity index (χ0n) is 10.7. The van der Waals surface area contributed by atoms with E-state index in [1.54, 1.807) is 30.6 Å². The normalized spacial score (nSPS) is 10.2. The predicted molar refractivity (Wildman–Crippen MR) is 72.4 cm³/mol. The Balaban J connectivity index is 2.02. The van der Waals surface area contributed by atoms with Gasteiger partial charge in [-0.3, -0.25) is 4.98 Å². The van der Waals surface area contributed by atoms with Gasteiger partial charge in [-0.25, -0.2) is 0 Å². The average Bonchev–Trinajstić information content (AvgIpc) is 2.97. The van der Waals surface area contributed by atoms with Crippen LogP contribution in [0.4, 0.5) is 0 Å². The van der Waals surface area contributed by atoms with E-state index in [-0.39, 0.29) is 0 Å². The Morgan fingerprint density at radius 1 is 1.25 bits per heavy atom. The molecule has 0 spiro atoms. The molecule has 0 atom stereocenters. The van der Waals surface area contributed by atoms with Crippen LogP contribution in [0.5, 0.6) is 0 Å². The summed E-state index contributed by atoms with van der Waals surface area (Å²) >= 11 is 0.